The number of ether oxygens (including phenoxy) is 5. The second kappa shape index (κ2) is 13.3. The molecule has 1 aliphatic rings. The third-order valence-electron chi connectivity index (χ3n) is 5.00. The molecule has 0 spiro atoms. The number of amides is 1. The number of nitrogens with one attached hydrogen (secondary N) is 1. The molecular weight excluding hydrogens is 468 g/mol. The van der Waals surface area contributed by atoms with E-state index in [9.17, 15) is 24.0 Å². The molecule has 0 bridgehead atoms. The molecule has 1 heterocycles. The van der Waals surface area contributed by atoms with E-state index >= 15 is 0 Å². The predicted molar refractivity (Wildman–Crippen MR) is 117 cm³/mol. The highest BCUT2D eigenvalue weighted by Gasteiger charge is 2.57. The van der Waals surface area contributed by atoms with Crippen molar-refractivity contribution in [3.05, 3.63) is 23.1 Å². The minimum Gasteiger partial charge on any atom is -0.467 e. The smallest absolute Gasteiger partial charge is 0.338 e. The Morgan fingerprint density at radius 2 is 1.80 bits per heavy atom. The van der Waals surface area contributed by atoms with Crippen molar-refractivity contribution in [1.29, 1.82) is 0 Å². The van der Waals surface area contributed by atoms with E-state index in [4.69, 9.17) is 29.2 Å². The van der Waals surface area contributed by atoms with E-state index in [-0.39, 0.29) is 12.8 Å². The quantitative estimate of drug-likeness (QED) is 0.107. The molecule has 0 aromatic carbocycles. The lowest BCUT2D eigenvalue weighted by molar-refractivity contribution is -0.238. The number of nitrogens with zero attached hydrogens (tertiary/aromatic N) is 3. The molecule has 1 amide bonds. The first kappa shape index (κ1) is 29.4. The Labute approximate surface area is 201 Å². The van der Waals surface area contributed by atoms with Crippen molar-refractivity contribution in [2.75, 3.05) is 13.7 Å². The van der Waals surface area contributed by atoms with Gasteiger partial charge in [0.05, 0.1) is 19.7 Å². The molecule has 194 valence electrons. The Balaban J connectivity index is 3.79. The summed E-state index contributed by atoms with van der Waals surface area (Å²) in [5, 5.41) is 5.99. The van der Waals surface area contributed by atoms with Gasteiger partial charge in [-0.2, -0.15) is 0 Å². The molecule has 14 nitrogen and oxygen atoms in total. The highest BCUT2D eigenvalue weighted by Crippen LogP contribution is 2.38. The maximum Gasteiger partial charge on any atom is 0.338 e. The van der Waals surface area contributed by atoms with Crippen LogP contribution in [0.4, 0.5) is 0 Å². The maximum atomic E-state index is 12.9. The minimum absolute atomic E-state index is 0.109. The van der Waals surface area contributed by atoms with Crippen molar-refractivity contribution in [1.82, 2.24) is 5.32 Å². The predicted octanol–water partition coefficient (Wildman–Crippen LogP) is 0.873. The largest absolute Gasteiger partial charge is 0.467 e. The molecule has 6 atom stereocenters. The second-order valence-electron chi connectivity index (χ2n) is 7.77. The van der Waals surface area contributed by atoms with E-state index in [1.54, 1.807) is 0 Å². The third-order valence-corrected chi connectivity index (χ3v) is 5.00. The van der Waals surface area contributed by atoms with Gasteiger partial charge >= 0.3 is 23.9 Å². The maximum absolute atomic E-state index is 12.9. The summed E-state index contributed by atoms with van der Waals surface area (Å²) in [4.78, 5) is 63.3. The zero-order valence-corrected chi connectivity index (χ0v) is 20.2. The Hall–Kier alpha value is -3.64. The van der Waals surface area contributed by atoms with Crippen molar-refractivity contribution in [3.8, 4) is 0 Å². The van der Waals surface area contributed by atoms with Crippen LogP contribution in [0.15, 0.2) is 17.8 Å². The van der Waals surface area contributed by atoms with Crippen molar-refractivity contribution in [2.45, 2.75) is 76.6 Å². The number of esters is 4. The van der Waals surface area contributed by atoms with Crippen LogP contribution >= 0.6 is 0 Å². The van der Waals surface area contributed by atoms with Gasteiger partial charge in [-0.05, 0) is 5.53 Å². The summed E-state index contributed by atoms with van der Waals surface area (Å²) in [6, 6.07) is -1.17. The number of hydrogen-bond acceptors (Lipinski definition) is 11. The molecule has 14 heteroatoms. The SMILES string of the molecule is C=CC[C@]1(C(=O)OC)C[C@H](OC(C)=O)[C@@H](NC(C)=O)[C@H]([C@H](OC(C)=O)[C@@H](CN=[N+]=[N-])OC(C)=O)O1. The van der Waals surface area contributed by atoms with Crippen molar-refractivity contribution < 1.29 is 47.7 Å². The Morgan fingerprint density at radius 3 is 2.26 bits per heavy atom. The number of methoxy groups -OCH3 is 1. The lowest BCUT2D eigenvalue weighted by Gasteiger charge is -2.49. The van der Waals surface area contributed by atoms with E-state index in [1.807, 2.05) is 0 Å². The monoisotopic (exact) mass is 498 g/mol. The van der Waals surface area contributed by atoms with Gasteiger partial charge in [0.2, 0.25) is 5.91 Å². The molecule has 1 N–H and O–H groups in total. The molecular formula is C21H30N4O10. The van der Waals surface area contributed by atoms with Gasteiger partial charge in [0, 0.05) is 45.4 Å². The highest BCUT2D eigenvalue weighted by atomic mass is 16.6. The van der Waals surface area contributed by atoms with Gasteiger partial charge in [0.15, 0.2) is 11.7 Å². The van der Waals surface area contributed by atoms with E-state index in [1.165, 1.54) is 13.0 Å². The first-order valence-electron chi connectivity index (χ1n) is 10.6. The van der Waals surface area contributed by atoms with Crippen LogP contribution in [0.2, 0.25) is 0 Å². The van der Waals surface area contributed by atoms with E-state index < -0.39 is 72.4 Å². The summed E-state index contributed by atoms with van der Waals surface area (Å²) < 4.78 is 27.1. The third kappa shape index (κ3) is 8.26. The van der Waals surface area contributed by atoms with Crippen molar-refractivity contribution in [2.24, 2.45) is 5.11 Å². The fraction of sp³-hybridized carbons (Fsp3) is 0.667. The molecule has 0 aromatic heterocycles. The van der Waals surface area contributed by atoms with Crippen LogP contribution in [0, 0.1) is 0 Å². The number of carbonyl (C=O) groups is 5. The second-order valence-corrected chi connectivity index (χ2v) is 7.77. The lowest BCUT2D eigenvalue weighted by Crippen LogP contribution is -2.68. The first-order chi connectivity index (χ1) is 16.4. The van der Waals surface area contributed by atoms with Gasteiger partial charge in [-0.15, -0.1) is 6.58 Å². The highest BCUT2D eigenvalue weighted by molar-refractivity contribution is 5.80. The van der Waals surface area contributed by atoms with Gasteiger partial charge in [0.1, 0.15) is 18.3 Å². The average Bonchev–Trinajstić information content (AvgIpc) is 2.75. The normalized spacial score (nSPS) is 25.0. The van der Waals surface area contributed by atoms with Crippen LogP contribution in [-0.2, 0) is 47.7 Å². The van der Waals surface area contributed by atoms with Gasteiger partial charge in [-0.3, -0.25) is 19.2 Å². The van der Waals surface area contributed by atoms with E-state index in [2.05, 4.69) is 21.9 Å². The Kier molecular flexibility index (Phi) is 11.2. The molecule has 1 fully saturated rings. The molecule has 0 aliphatic carbocycles. The molecule has 0 unspecified atom stereocenters. The summed E-state index contributed by atoms with van der Waals surface area (Å²) in [6.45, 7) is 7.63. The summed E-state index contributed by atoms with van der Waals surface area (Å²) in [5.74, 6) is -3.76. The van der Waals surface area contributed by atoms with Crippen LogP contribution < -0.4 is 5.32 Å². The van der Waals surface area contributed by atoms with Crippen molar-refractivity contribution in [3.63, 3.8) is 0 Å². The summed E-state index contributed by atoms with van der Waals surface area (Å²) >= 11 is 0. The Bertz CT molecular complexity index is 883. The number of carbonyl (C=O) groups excluding carboxylic acids is 5. The molecule has 35 heavy (non-hydrogen) atoms. The van der Waals surface area contributed by atoms with Crippen LogP contribution in [0.5, 0.6) is 0 Å². The fourth-order valence-corrected chi connectivity index (χ4v) is 3.90. The zero-order valence-electron chi connectivity index (χ0n) is 20.2. The van der Waals surface area contributed by atoms with Gasteiger partial charge < -0.3 is 29.0 Å². The molecule has 1 aliphatic heterocycles. The van der Waals surface area contributed by atoms with Crippen LogP contribution in [0.25, 0.3) is 10.4 Å². The topological polar surface area (TPSA) is 192 Å². The van der Waals surface area contributed by atoms with Crippen LogP contribution in [-0.4, -0.2) is 79.5 Å². The molecule has 0 saturated carbocycles. The van der Waals surface area contributed by atoms with Gasteiger partial charge in [-0.1, -0.05) is 11.2 Å². The van der Waals surface area contributed by atoms with Crippen LogP contribution in [0.3, 0.4) is 0 Å². The molecule has 0 radical (unpaired) electrons. The van der Waals surface area contributed by atoms with Gasteiger partial charge in [-0.25, -0.2) is 4.79 Å². The first-order valence-corrected chi connectivity index (χ1v) is 10.6. The number of azide groups is 1. The Morgan fingerprint density at radius 1 is 1.17 bits per heavy atom. The fourth-order valence-electron chi connectivity index (χ4n) is 3.90. The minimum atomic E-state index is -1.77. The lowest BCUT2D eigenvalue weighted by atomic mass is 9.81. The van der Waals surface area contributed by atoms with Gasteiger partial charge in [0.25, 0.3) is 0 Å². The summed E-state index contributed by atoms with van der Waals surface area (Å²) in [7, 11) is 1.12. The molecule has 0 aromatic rings. The number of hydrogen-bond donors (Lipinski definition) is 1. The van der Waals surface area contributed by atoms with E-state index in [0.717, 1.165) is 27.9 Å². The van der Waals surface area contributed by atoms with E-state index in [0.29, 0.717) is 0 Å². The summed E-state index contributed by atoms with van der Waals surface area (Å²) in [6.07, 6.45) is -4.46. The molecule has 1 saturated heterocycles. The molecule has 1 rings (SSSR count). The number of rotatable bonds is 11. The van der Waals surface area contributed by atoms with Crippen molar-refractivity contribution >= 4 is 29.8 Å². The average molecular weight is 498 g/mol. The summed E-state index contributed by atoms with van der Waals surface area (Å²) in [5.41, 5.74) is 7.02. The van der Waals surface area contributed by atoms with Crippen LogP contribution in [0.1, 0.15) is 40.5 Å². The zero-order chi connectivity index (χ0) is 26.8. The standard InChI is InChI=1S/C21H30N4O10/c1-7-8-21(20(30)31-6)9-15(32-12(3)27)17(24-11(2)26)19(35-21)18(34-14(5)29)16(10-23-25-22)33-13(4)28/h7,15-19H,1,8-10H2,2-6H3,(H,24,26)/t15-,16+,17+,18+,19+,21+/m0/s1.